The Kier molecular flexibility index (Phi) is 3.90. The van der Waals surface area contributed by atoms with Gasteiger partial charge in [-0.15, -0.1) is 0 Å². The standard InChI is InChI=1S/C3H8N2.C3H5NO/c2*1-2-5-3-4-1/h4-5H,1-3H2;3H,1-2H2. The molecule has 0 atom stereocenters. The fraction of sp³-hybridized carbons (Fsp3) is 0.833. The Bertz CT molecular complexity index is 87.6. The molecule has 0 aromatic rings. The topological polar surface area (TPSA) is 45.6 Å². The number of hydrogen-bond acceptors (Lipinski definition) is 4. The van der Waals surface area contributed by atoms with Crippen LogP contribution in [-0.2, 0) is 4.74 Å². The molecule has 10 heavy (non-hydrogen) atoms. The first-order valence-corrected chi connectivity index (χ1v) is 3.51. The summed E-state index contributed by atoms with van der Waals surface area (Å²) in [6.45, 7) is 4.90. The van der Waals surface area contributed by atoms with E-state index in [2.05, 4.69) is 20.4 Å². The van der Waals surface area contributed by atoms with Gasteiger partial charge in [-0.1, -0.05) is 0 Å². The van der Waals surface area contributed by atoms with Crippen LogP contribution in [0, 0.1) is 0 Å². The van der Waals surface area contributed by atoms with Crippen LogP contribution in [0.15, 0.2) is 4.99 Å². The molecule has 0 aliphatic carbocycles. The summed E-state index contributed by atoms with van der Waals surface area (Å²) in [4.78, 5) is 3.74. The lowest BCUT2D eigenvalue weighted by Gasteiger charge is -1.77. The molecule has 0 saturated carbocycles. The lowest BCUT2D eigenvalue weighted by molar-refractivity contribution is 0.361. The fourth-order valence-electron chi connectivity index (χ4n) is 0.705. The molecule has 2 heterocycles. The number of hydrogen-bond donors (Lipinski definition) is 2. The number of rotatable bonds is 0. The summed E-state index contributed by atoms with van der Waals surface area (Å²) in [5.74, 6) is 0. The van der Waals surface area contributed by atoms with E-state index in [9.17, 15) is 0 Å². The number of nitrogens with one attached hydrogen (secondary N) is 2. The predicted molar refractivity (Wildman–Crippen MR) is 40.2 cm³/mol. The van der Waals surface area contributed by atoms with Crippen molar-refractivity contribution in [2.75, 3.05) is 32.9 Å². The molecule has 0 bridgehead atoms. The van der Waals surface area contributed by atoms with Crippen LogP contribution in [-0.4, -0.2) is 39.3 Å². The van der Waals surface area contributed by atoms with Crippen LogP contribution in [0.5, 0.6) is 0 Å². The molecule has 4 nitrogen and oxygen atoms in total. The molecule has 1 fully saturated rings. The molecular weight excluding hydrogens is 130 g/mol. The summed E-state index contributed by atoms with van der Waals surface area (Å²) in [6.07, 6.45) is 1.49. The van der Waals surface area contributed by atoms with Gasteiger partial charge in [-0.2, -0.15) is 0 Å². The van der Waals surface area contributed by atoms with E-state index in [-0.39, 0.29) is 0 Å². The second kappa shape index (κ2) is 5.20. The van der Waals surface area contributed by atoms with Crippen LogP contribution in [0.3, 0.4) is 0 Å². The largest absolute Gasteiger partial charge is 0.482 e. The summed E-state index contributed by atoms with van der Waals surface area (Å²) in [5.41, 5.74) is 0. The molecule has 2 aliphatic rings. The molecule has 2 aliphatic heterocycles. The quantitative estimate of drug-likeness (QED) is 0.466. The van der Waals surface area contributed by atoms with Crippen LogP contribution in [0.25, 0.3) is 0 Å². The van der Waals surface area contributed by atoms with Crippen molar-refractivity contribution in [3.63, 3.8) is 0 Å². The number of ether oxygens (including phenoxy) is 1. The highest BCUT2D eigenvalue weighted by molar-refractivity contribution is 5.47. The van der Waals surface area contributed by atoms with Crippen molar-refractivity contribution < 1.29 is 4.74 Å². The second-order valence-corrected chi connectivity index (χ2v) is 2.06. The summed E-state index contributed by atoms with van der Waals surface area (Å²) in [5, 5.41) is 6.22. The van der Waals surface area contributed by atoms with Gasteiger partial charge in [0.2, 0.25) is 0 Å². The van der Waals surface area contributed by atoms with E-state index in [1.807, 2.05) is 0 Å². The van der Waals surface area contributed by atoms with E-state index in [1.54, 1.807) is 0 Å². The minimum absolute atomic E-state index is 0.778. The third-order valence-electron chi connectivity index (χ3n) is 1.22. The van der Waals surface area contributed by atoms with Crippen LogP contribution in [0.2, 0.25) is 0 Å². The van der Waals surface area contributed by atoms with Gasteiger partial charge in [0, 0.05) is 19.8 Å². The molecule has 0 amide bonds. The van der Waals surface area contributed by atoms with Gasteiger partial charge >= 0.3 is 0 Å². The number of nitrogens with zero attached hydrogens (tertiary/aromatic N) is 1. The summed E-state index contributed by atoms with van der Waals surface area (Å²) in [6, 6.07) is 0. The molecule has 0 radical (unpaired) electrons. The van der Waals surface area contributed by atoms with Crippen LogP contribution >= 0.6 is 0 Å². The smallest absolute Gasteiger partial charge is 0.169 e. The van der Waals surface area contributed by atoms with E-state index < -0.39 is 0 Å². The Hall–Kier alpha value is -0.610. The first-order chi connectivity index (χ1) is 5.00. The normalized spacial score (nSPS) is 21.6. The molecule has 58 valence electrons. The van der Waals surface area contributed by atoms with E-state index >= 15 is 0 Å². The first-order valence-electron chi connectivity index (χ1n) is 3.51. The Balaban J connectivity index is 0.0000001000. The van der Waals surface area contributed by atoms with Crippen LogP contribution in [0.4, 0.5) is 0 Å². The third kappa shape index (κ3) is 3.42. The van der Waals surface area contributed by atoms with Gasteiger partial charge in [0.05, 0.1) is 6.54 Å². The minimum atomic E-state index is 0.778. The van der Waals surface area contributed by atoms with Gasteiger partial charge in [0.15, 0.2) is 6.40 Å². The average Bonchev–Trinajstić information content (AvgIpc) is 2.67. The Morgan fingerprint density at radius 2 is 2.10 bits per heavy atom. The van der Waals surface area contributed by atoms with Crippen molar-refractivity contribution in [3.8, 4) is 0 Å². The predicted octanol–water partition coefficient (Wildman–Crippen LogP) is -0.818. The molecule has 0 unspecified atom stereocenters. The van der Waals surface area contributed by atoms with Crippen molar-refractivity contribution in [2.45, 2.75) is 0 Å². The molecule has 0 aromatic carbocycles. The SMILES string of the molecule is C1=NCCO1.C1CNCN1. The average molecular weight is 143 g/mol. The zero-order valence-corrected chi connectivity index (χ0v) is 5.97. The lowest BCUT2D eigenvalue weighted by Crippen LogP contribution is -2.11. The van der Waals surface area contributed by atoms with Crippen molar-refractivity contribution in [2.24, 2.45) is 4.99 Å². The molecule has 0 aromatic heterocycles. The fourth-order valence-corrected chi connectivity index (χ4v) is 0.705. The highest BCUT2D eigenvalue weighted by Gasteiger charge is 1.90. The van der Waals surface area contributed by atoms with E-state index in [1.165, 1.54) is 6.40 Å². The molecule has 1 saturated heterocycles. The van der Waals surface area contributed by atoms with Crippen molar-refractivity contribution in [3.05, 3.63) is 0 Å². The molecule has 2 rings (SSSR count). The van der Waals surface area contributed by atoms with Crippen LogP contribution in [0.1, 0.15) is 0 Å². The van der Waals surface area contributed by atoms with Gasteiger partial charge in [-0.3, -0.25) is 4.99 Å². The van der Waals surface area contributed by atoms with Crippen LogP contribution < -0.4 is 10.6 Å². The monoisotopic (exact) mass is 143 g/mol. The van der Waals surface area contributed by atoms with E-state index in [0.717, 1.165) is 32.9 Å². The molecular formula is C6H13N3O. The van der Waals surface area contributed by atoms with Gasteiger partial charge in [-0.25, -0.2) is 0 Å². The maximum absolute atomic E-state index is 4.65. The Morgan fingerprint density at radius 3 is 2.30 bits per heavy atom. The van der Waals surface area contributed by atoms with Gasteiger partial charge in [0.1, 0.15) is 6.61 Å². The lowest BCUT2D eigenvalue weighted by atomic mass is 10.7. The molecule has 4 heteroatoms. The zero-order chi connectivity index (χ0) is 7.07. The Morgan fingerprint density at radius 1 is 1.30 bits per heavy atom. The Labute approximate surface area is 60.7 Å². The molecule has 0 spiro atoms. The first kappa shape index (κ1) is 7.50. The highest BCUT2D eigenvalue weighted by Crippen LogP contribution is 1.78. The third-order valence-corrected chi connectivity index (χ3v) is 1.22. The minimum Gasteiger partial charge on any atom is -0.482 e. The summed E-state index contributed by atoms with van der Waals surface area (Å²) in [7, 11) is 0. The van der Waals surface area contributed by atoms with Gasteiger partial charge < -0.3 is 15.4 Å². The zero-order valence-electron chi connectivity index (χ0n) is 5.97. The second-order valence-electron chi connectivity index (χ2n) is 2.06. The maximum Gasteiger partial charge on any atom is 0.169 e. The summed E-state index contributed by atoms with van der Waals surface area (Å²) >= 11 is 0. The maximum atomic E-state index is 4.65. The highest BCUT2D eigenvalue weighted by atomic mass is 16.5. The van der Waals surface area contributed by atoms with Gasteiger partial charge in [-0.05, 0) is 0 Å². The van der Waals surface area contributed by atoms with Crippen molar-refractivity contribution >= 4 is 6.40 Å². The van der Waals surface area contributed by atoms with Crippen molar-refractivity contribution in [1.82, 2.24) is 10.6 Å². The number of aliphatic imine (C=N–C) groups is 1. The summed E-state index contributed by atoms with van der Waals surface area (Å²) < 4.78 is 4.65. The van der Waals surface area contributed by atoms with E-state index in [4.69, 9.17) is 0 Å². The van der Waals surface area contributed by atoms with Gasteiger partial charge in [0.25, 0.3) is 0 Å². The van der Waals surface area contributed by atoms with E-state index in [0.29, 0.717) is 0 Å². The van der Waals surface area contributed by atoms with Crippen molar-refractivity contribution in [1.29, 1.82) is 0 Å². The molecule has 2 N–H and O–H groups in total.